The molecule has 0 aromatic rings. The summed E-state index contributed by atoms with van der Waals surface area (Å²) in [4.78, 5) is 0. The molecule has 1 rings (SSSR count). The third kappa shape index (κ3) is 4.32. The summed E-state index contributed by atoms with van der Waals surface area (Å²) in [7, 11) is -0.801. The van der Waals surface area contributed by atoms with Gasteiger partial charge in [-0.05, 0) is 31.6 Å². The van der Waals surface area contributed by atoms with Crippen molar-refractivity contribution in [2.75, 3.05) is 18.8 Å². The van der Waals surface area contributed by atoms with Crippen molar-refractivity contribution in [3.8, 4) is 11.2 Å². The highest BCUT2D eigenvalue weighted by molar-refractivity contribution is 8.35. The van der Waals surface area contributed by atoms with E-state index in [1.165, 1.54) is 0 Å². The molecule has 0 saturated heterocycles. The van der Waals surface area contributed by atoms with Crippen LogP contribution in [0.4, 0.5) is 8.78 Å². The lowest BCUT2D eigenvalue weighted by atomic mass is 9.87. The van der Waals surface area contributed by atoms with Gasteiger partial charge in [0, 0.05) is 18.8 Å². The summed E-state index contributed by atoms with van der Waals surface area (Å²) in [6, 6.07) is 0. The van der Waals surface area contributed by atoms with Crippen molar-refractivity contribution in [2.45, 2.75) is 31.6 Å². The van der Waals surface area contributed by atoms with E-state index in [0.29, 0.717) is 12.8 Å². The second kappa shape index (κ2) is 4.10. The molecule has 0 aromatic heterocycles. The zero-order chi connectivity index (χ0) is 10.8. The van der Waals surface area contributed by atoms with Gasteiger partial charge in [0.2, 0.25) is 5.92 Å². The maximum Gasteiger partial charge on any atom is 0.248 e. The number of halogens is 2. The average molecular weight is 220 g/mol. The molecule has 1 fully saturated rings. The van der Waals surface area contributed by atoms with E-state index < -0.39 is 16.0 Å². The summed E-state index contributed by atoms with van der Waals surface area (Å²) in [5.41, 5.74) is 0. The minimum Gasteiger partial charge on any atom is -0.207 e. The van der Waals surface area contributed by atoms with E-state index in [4.69, 9.17) is 0 Å². The molecule has 0 aromatic carbocycles. The second-order valence-electron chi connectivity index (χ2n) is 4.71. The highest BCUT2D eigenvalue weighted by Crippen LogP contribution is 2.37. The molecular weight excluding hydrogens is 202 g/mol. The highest BCUT2D eigenvalue weighted by atomic mass is 32.3. The smallest absolute Gasteiger partial charge is 0.207 e. The first kappa shape index (κ1) is 11.8. The van der Waals surface area contributed by atoms with Gasteiger partial charge in [-0.15, -0.1) is 0 Å². The second-order valence-corrected chi connectivity index (χ2v) is 8.59. The van der Waals surface area contributed by atoms with Crippen molar-refractivity contribution in [2.24, 2.45) is 5.92 Å². The Labute approximate surface area is 86.8 Å². The Kier molecular flexibility index (Phi) is 3.47. The molecule has 0 aliphatic heterocycles. The fraction of sp³-hybridized carbons (Fsp3) is 0.818. The Bertz CT molecular complexity index is 245. The lowest BCUT2D eigenvalue weighted by Crippen LogP contribution is -2.23. The molecule has 82 valence electrons. The predicted molar refractivity (Wildman–Crippen MR) is 60.0 cm³/mol. The Balaban J connectivity index is 2.46. The van der Waals surface area contributed by atoms with Crippen molar-refractivity contribution in [3.63, 3.8) is 0 Å². The van der Waals surface area contributed by atoms with Gasteiger partial charge in [-0.2, -0.15) is 10.0 Å². The SMILES string of the molecule is CS(C)(C)C#CC1CCC(F)(F)CC1. The molecule has 0 amide bonds. The fourth-order valence-electron chi connectivity index (χ4n) is 1.44. The third-order valence-corrected chi connectivity index (χ3v) is 3.02. The van der Waals surface area contributed by atoms with Crippen LogP contribution in [0, 0.1) is 17.1 Å². The Morgan fingerprint density at radius 3 is 2.07 bits per heavy atom. The van der Waals surface area contributed by atoms with Gasteiger partial charge in [-0.3, -0.25) is 0 Å². The zero-order valence-electron chi connectivity index (χ0n) is 9.07. The van der Waals surface area contributed by atoms with E-state index in [9.17, 15) is 8.78 Å². The van der Waals surface area contributed by atoms with Crippen molar-refractivity contribution in [1.29, 1.82) is 0 Å². The standard InChI is InChI=1S/C11H18F2S/c1-14(2,3)9-6-10-4-7-11(12,13)8-5-10/h10H,4-5,7-8H2,1-3H3. The van der Waals surface area contributed by atoms with Crippen LogP contribution in [0.2, 0.25) is 0 Å². The van der Waals surface area contributed by atoms with Gasteiger partial charge in [0.05, 0.1) is 0 Å². The van der Waals surface area contributed by atoms with Crippen LogP contribution in [-0.2, 0) is 0 Å². The van der Waals surface area contributed by atoms with E-state index in [1.807, 2.05) is 0 Å². The maximum absolute atomic E-state index is 12.8. The van der Waals surface area contributed by atoms with Crippen LogP contribution >= 0.6 is 10.0 Å². The van der Waals surface area contributed by atoms with Gasteiger partial charge in [0.25, 0.3) is 0 Å². The van der Waals surface area contributed by atoms with Crippen molar-refractivity contribution in [1.82, 2.24) is 0 Å². The van der Waals surface area contributed by atoms with Crippen LogP contribution < -0.4 is 0 Å². The number of alkyl halides is 2. The molecule has 0 heterocycles. The van der Waals surface area contributed by atoms with Crippen LogP contribution in [0.1, 0.15) is 25.7 Å². The van der Waals surface area contributed by atoms with E-state index in [-0.39, 0.29) is 18.8 Å². The monoisotopic (exact) mass is 220 g/mol. The first-order chi connectivity index (χ1) is 6.29. The van der Waals surface area contributed by atoms with Crippen LogP contribution in [0.15, 0.2) is 0 Å². The lowest BCUT2D eigenvalue weighted by molar-refractivity contribution is -0.0402. The lowest BCUT2D eigenvalue weighted by Gasteiger charge is -2.25. The number of rotatable bonds is 0. The normalized spacial score (nSPS) is 23.8. The first-order valence-corrected chi connectivity index (χ1v) is 7.73. The zero-order valence-corrected chi connectivity index (χ0v) is 9.89. The Hall–Kier alpha value is -0.230. The van der Waals surface area contributed by atoms with E-state index in [2.05, 4.69) is 29.9 Å². The van der Waals surface area contributed by atoms with Gasteiger partial charge >= 0.3 is 0 Å². The van der Waals surface area contributed by atoms with Gasteiger partial charge in [-0.1, -0.05) is 11.2 Å². The summed E-state index contributed by atoms with van der Waals surface area (Å²) in [5.74, 6) is 0.939. The summed E-state index contributed by atoms with van der Waals surface area (Å²) < 4.78 is 25.6. The molecule has 1 saturated carbocycles. The van der Waals surface area contributed by atoms with Crippen LogP contribution in [-0.4, -0.2) is 24.7 Å². The molecule has 0 bridgehead atoms. The van der Waals surface area contributed by atoms with Gasteiger partial charge in [0.1, 0.15) is 0 Å². The molecule has 14 heavy (non-hydrogen) atoms. The first-order valence-electron chi connectivity index (χ1n) is 4.87. The van der Waals surface area contributed by atoms with Crippen LogP contribution in [0.25, 0.3) is 0 Å². The summed E-state index contributed by atoms with van der Waals surface area (Å²) in [6.07, 6.45) is 7.54. The van der Waals surface area contributed by atoms with Crippen LogP contribution in [0.3, 0.4) is 0 Å². The highest BCUT2D eigenvalue weighted by Gasteiger charge is 2.34. The van der Waals surface area contributed by atoms with Gasteiger partial charge < -0.3 is 0 Å². The van der Waals surface area contributed by atoms with E-state index >= 15 is 0 Å². The molecule has 0 unspecified atom stereocenters. The summed E-state index contributed by atoms with van der Waals surface area (Å²) in [6.45, 7) is 0. The van der Waals surface area contributed by atoms with Crippen molar-refractivity contribution < 1.29 is 8.78 Å². The third-order valence-electron chi connectivity index (χ3n) is 2.29. The van der Waals surface area contributed by atoms with E-state index in [1.54, 1.807) is 0 Å². The van der Waals surface area contributed by atoms with Gasteiger partial charge in [-0.25, -0.2) is 8.78 Å². The fourth-order valence-corrected chi connectivity index (χ4v) is 1.96. The average Bonchev–Trinajstić information content (AvgIpc) is 2.01. The predicted octanol–water partition coefficient (Wildman–Crippen LogP) is 3.47. The van der Waals surface area contributed by atoms with Crippen molar-refractivity contribution >= 4 is 10.0 Å². The summed E-state index contributed by atoms with van der Waals surface area (Å²) in [5, 5.41) is 3.21. The van der Waals surface area contributed by atoms with E-state index in [0.717, 1.165) is 0 Å². The molecule has 0 spiro atoms. The molecule has 1 aliphatic rings. The Morgan fingerprint density at radius 2 is 1.64 bits per heavy atom. The topological polar surface area (TPSA) is 0 Å². The summed E-state index contributed by atoms with van der Waals surface area (Å²) >= 11 is 0. The molecule has 0 radical (unpaired) electrons. The largest absolute Gasteiger partial charge is 0.248 e. The maximum atomic E-state index is 12.8. The minimum absolute atomic E-state index is 0.0197. The van der Waals surface area contributed by atoms with Crippen LogP contribution in [0.5, 0.6) is 0 Å². The quantitative estimate of drug-likeness (QED) is 0.548. The number of hydrogen-bond acceptors (Lipinski definition) is 0. The van der Waals surface area contributed by atoms with Crippen molar-refractivity contribution in [3.05, 3.63) is 0 Å². The Morgan fingerprint density at radius 1 is 1.14 bits per heavy atom. The molecule has 1 aliphatic carbocycles. The minimum atomic E-state index is -2.42. The molecule has 0 atom stereocenters. The molecule has 0 nitrogen and oxygen atoms in total. The number of hydrogen-bond donors (Lipinski definition) is 0. The molecule has 0 N–H and O–H groups in total. The van der Waals surface area contributed by atoms with Gasteiger partial charge in [0.15, 0.2) is 0 Å². The molecule has 3 heteroatoms. The molecular formula is C11H18F2S.